The van der Waals surface area contributed by atoms with Gasteiger partial charge in [0.15, 0.2) is 6.61 Å². The molecule has 0 unspecified atom stereocenters. The molecule has 1 N–H and O–H groups in total. The Bertz CT molecular complexity index is 978. The van der Waals surface area contributed by atoms with E-state index in [0.717, 1.165) is 5.56 Å². The molecule has 0 aliphatic heterocycles. The molecule has 2 aromatic carbocycles. The molecular formula is C21H23ClN2O4S. The number of anilines is 1. The van der Waals surface area contributed by atoms with Crippen LogP contribution in [0.2, 0.25) is 5.02 Å². The molecule has 0 saturated heterocycles. The lowest BCUT2D eigenvalue weighted by molar-refractivity contribution is -0.118. The molecule has 29 heavy (non-hydrogen) atoms. The lowest BCUT2D eigenvalue weighted by Gasteiger charge is -2.19. The third-order valence-electron chi connectivity index (χ3n) is 3.94. The highest BCUT2D eigenvalue weighted by molar-refractivity contribution is 7.89. The normalized spacial score (nSPS) is 11.1. The minimum Gasteiger partial charge on any atom is -0.484 e. The number of aryl methyl sites for hydroxylation is 1. The second-order valence-corrected chi connectivity index (χ2v) is 8.52. The van der Waals surface area contributed by atoms with Crippen LogP contribution >= 0.6 is 11.6 Å². The van der Waals surface area contributed by atoms with E-state index in [1.165, 1.54) is 40.7 Å². The van der Waals surface area contributed by atoms with E-state index in [0.29, 0.717) is 16.5 Å². The van der Waals surface area contributed by atoms with Crippen LogP contribution in [-0.4, -0.2) is 38.3 Å². The highest BCUT2D eigenvalue weighted by Crippen LogP contribution is 2.21. The van der Waals surface area contributed by atoms with Gasteiger partial charge in [0, 0.05) is 23.8 Å². The van der Waals surface area contributed by atoms with E-state index in [-0.39, 0.29) is 30.5 Å². The number of nitrogens with one attached hydrogen (secondary N) is 1. The third-order valence-corrected chi connectivity index (χ3v) is 6.21. The summed E-state index contributed by atoms with van der Waals surface area (Å²) >= 11 is 5.96. The molecule has 0 aromatic heterocycles. The van der Waals surface area contributed by atoms with Crippen molar-refractivity contribution in [2.75, 3.05) is 25.0 Å². The quantitative estimate of drug-likeness (QED) is 0.573. The van der Waals surface area contributed by atoms with Crippen molar-refractivity contribution in [1.82, 2.24) is 4.31 Å². The van der Waals surface area contributed by atoms with Crippen LogP contribution in [0.5, 0.6) is 5.75 Å². The fourth-order valence-corrected chi connectivity index (χ4v) is 3.97. The van der Waals surface area contributed by atoms with Crippen LogP contribution in [0.3, 0.4) is 0 Å². The number of sulfonamides is 1. The van der Waals surface area contributed by atoms with Gasteiger partial charge in [0.1, 0.15) is 5.75 Å². The zero-order valence-electron chi connectivity index (χ0n) is 16.1. The van der Waals surface area contributed by atoms with Gasteiger partial charge >= 0.3 is 0 Å². The van der Waals surface area contributed by atoms with E-state index in [9.17, 15) is 13.2 Å². The largest absolute Gasteiger partial charge is 0.484 e. The lowest BCUT2D eigenvalue weighted by atomic mass is 10.2. The lowest BCUT2D eigenvalue weighted by Crippen LogP contribution is -2.31. The minimum atomic E-state index is -3.68. The molecule has 0 heterocycles. The monoisotopic (exact) mass is 434 g/mol. The maximum absolute atomic E-state index is 12.7. The van der Waals surface area contributed by atoms with Crippen LogP contribution in [0.4, 0.5) is 5.69 Å². The summed E-state index contributed by atoms with van der Waals surface area (Å²) in [5.74, 6) is 0.168. The molecule has 154 valence electrons. The minimum absolute atomic E-state index is 0.118. The predicted octanol–water partition coefficient (Wildman–Crippen LogP) is 4.03. The molecule has 1 amide bonds. The third kappa shape index (κ3) is 6.19. The van der Waals surface area contributed by atoms with Gasteiger partial charge in [0.25, 0.3) is 5.91 Å². The smallest absolute Gasteiger partial charge is 0.262 e. The Kier molecular flexibility index (Phi) is 8.01. The van der Waals surface area contributed by atoms with E-state index in [2.05, 4.69) is 18.5 Å². The molecule has 0 atom stereocenters. The number of nitrogens with zero attached hydrogens (tertiary/aromatic N) is 1. The number of benzene rings is 2. The highest BCUT2D eigenvalue weighted by atomic mass is 35.5. The van der Waals surface area contributed by atoms with Crippen molar-refractivity contribution in [3.05, 3.63) is 78.4 Å². The topological polar surface area (TPSA) is 75.7 Å². The molecule has 8 heteroatoms. The number of carbonyl (C=O) groups is 1. The van der Waals surface area contributed by atoms with Gasteiger partial charge in [0.05, 0.1) is 4.90 Å². The fourth-order valence-electron chi connectivity index (χ4n) is 2.47. The number of hydrogen-bond acceptors (Lipinski definition) is 4. The van der Waals surface area contributed by atoms with Gasteiger partial charge in [-0.2, -0.15) is 4.31 Å². The van der Waals surface area contributed by atoms with Gasteiger partial charge in [-0.3, -0.25) is 4.79 Å². The molecule has 0 fully saturated rings. The van der Waals surface area contributed by atoms with E-state index in [4.69, 9.17) is 16.3 Å². The van der Waals surface area contributed by atoms with Crippen molar-refractivity contribution in [2.24, 2.45) is 0 Å². The van der Waals surface area contributed by atoms with Crippen molar-refractivity contribution >= 4 is 33.2 Å². The molecule has 0 aliphatic rings. The number of carbonyl (C=O) groups excluding carboxylic acids is 1. The first kappa shape index (κ1) is 22.7. The number of hydrogen-bond donors (Lipinski definition) is 1. The second-order valence-electron chi connectivity index (χ2n) is 6.17. The zero-order valence-corrected chi connectivity index (χ0v) is 17.7. The van der Waals surface area contributed by atoms with Crippen molar-refractivity contribution in [2.45, 2.75) is 11.8 Å². The van der Waals surface area contributed by atoms with E-state index >= 15 is 0 Å². The molecule has 0 aliphatic carbocycles. The second kappa shape index (κ2) is 10.2. The highest BCUT2D eigenvalue weighted by Gasteiger charge is 2.22. The molecule has 2 rings (SSSR count). The number of amides is 1. The summed E-state index contributed by atoms with van der Waals surface area (Å²) < 4.78 is 32.0. The standard InChI is InChI=1S/C21H23ClN2O4S/c1-4-12-24(13-5-2)29(26,27)19-9-6-17(7-10-19)23-21(25)15-28-18-8-11-20(22)16(3)14-18/h4-11,14H,1-2,12-13,15H2,3H3,(H,23,25). The van der Waals surface area contributed by atoms with Crippen molar-refractivity contribution in [3.8, 4) is 5.75 Å². The maximum atomic E-state index is 12.7. The summed E-state index contributed by atoms with van der Waals surface area (Å²) in [4.78, 5) is 12.2. The molecule has 0 saturated carbocycles. The molecule has 0 bridgehead atoms. The Balaban J connectivity index is 2.00. The molecule has 0 spiro atoms. The molecule has 2 aromatic rings. The van der Waals surface area contributed by atoms with E-state index in [1.54, 1.807) is 18.2 Å². The van der Waals surface area contributed by atoms with E-state index < -0.39 is 10.0 Å². The molecule has 0 radical (unpaired) electrons. The maximum Gasteiger partial charge on any atom is 0.262 e. The van der Waals surface area contributed by atoms with Crippen LogP contribution in [0.1, 0.15) is 5.56 Å². The van der Waals surface area contributed by atoms with Crippen molar-refractivity contribution < 1.29 is 17.9 Å². The van der Waals surface area contributed by atoms with E-state index in [1.807, 2.05) is 6.92 Å². The van der Waals surface area contributed by atoms with Gasteiger partial charge in [0.2, 0.25) is 10.0 Å². The Morgan fingerprint density at radius 3 is 2.31 bits per heavy atom. The van der Waals surface area contributed by atoms with Crippen LogP contribution in [0.15, 0.2) is 72.7 Å². The Hall–Kier alpha value is -2.61. The summed E-state index contributed by atoms with van der Waals surface area (Å²) in [6.45, 7) is 9.16. The number of ether oxygens (including phenoxy) is 1. The first-order chi connectivity index (χ1) is 13.8. The predicted molar refractivity (Wildman–Crippen MR) is 116 cm³/mol. The Morgan fingerprint density at radius 2 is 1.76 bits per heavy atom. The Morgan fingerprint density at radius 1 is 1.14 bits per heavy atom. The molecule has 6 nitrogen and oxygen atoms in total. The van der Waals surface area contributed by atoms with Gasteiger partial charge in [-0.25, -0.2) is 8.42 Å². The average molecular weight is 435 g/mol. The summed E-state index contributed by atoms with van der Waals surface area (Å²) in [5.41, 5.74) is 1.31. The first-order valence-electron chi connectivity index (χ1n) is 8.78. The average Bonchev–Trinajstić information content (AvgIpc) is 2.69. The summed E-state index contributed by atoms with van der Waals surface area (Å²) in [5, 5.41) is 3.29. The van der Waals surface area contributed by atoms with Gasteiger partial charge in [-0.1, -0.05) is 23.8 Å². The van der Waals surface area contributed by atoms with Crippen LogP contribution in [-0.2, 0) is 14.8 Å². The van der Waals surface area contributed by atoms with Gasteiger partial charge in [-0.05, 0) is 55.0 Å². The SMILES string of the molecule is C=CCN(CC=C)S(=O)(=O)c1ccc(NC(=O)COc2ccc(Cl)c(C)c2)cc1. The Labute approximate surface area is 176 Å². The van der Waals surface area contributed by atoms with Crippen LogP contribution in [0, 0.1) is 6.92 Å². The zero-order chi connectivity index (χ0) is 21.4. The van der Waals surface area contributed by atoms with Crippen LogP contribution < -0.4 is 10.1 Å². The summed E-state index contributed by atoms with van der Waals surface area (Å²) in [7, 11) is -3.68. The summed E-state index contributed by atoms with van der Waals surface area (Å²) in [6, 6.07) is 11.1. The van der Waals surface area contributed by atoms with Gasteiger partial charge in [-0.15, -0.1) is 13.2 Å². The van der Waals surface area contributed by atoms with Crippen LogP contribution in [0.25, 0.3) is 0 Å². The fraction of sp³-hybridized carbons (Fsp3) is 0.190. The summed E-state index contributed by atoms with van der Waals surface area (Å²) in [6.07, 6.45) is 3.02. The molecular weight excluding hydrogens is 412 g/mol. The van der Waals surface area contributed by atoms with Crippen molar-refractivity contribution in [3.63, 3.8) is 0 Å². The van der Waals surface area contributed by atoms with Crippen molar-refractivity contribution in [1.29, 1.82) is 0 Å². The number of rotatable bonds is 10. The van der Waals surface area contributed by atoms with Gasteiger partial charge < -0.3 is 10.1 Å². The number of halogens is 1. The first-order valence-corrected chi connectivity index (χ1v) is 10.6.